The molecule has 0 aromatic heterocycles. The number of hydrogen-bond acceptors (Lipinski definition) is 0. The van der Waals surface area contributed by atoms with Crippen molar-refractivity contribution in [1.82, 2.24) is 0 Å². The Bertz CT molecular complexity index is 773. The fourth-order valence-electron chi connectivity index (χ4n) is 3.83. The Balaban J connectivity index is 2.64. The number of hydrogen-bond donors (Lipinski definition) is 0. The van der Waals surface area contributed by atoms with Crippen LogP contribution in [0.5, 0.6) is 0 Å². The Hall–Kier alpha value is -1.56. The molecule has 0 N–H and O–H groups in total. The molecule has 1 unspecified atom stereocenters. The zero-order valence-corrected chi connectivity index (χ0v) is 19.3. The predicted octanol–water partition coefficient (Wildman–Crippen LogP) is 8.12. The van der Waals surface area contributed by atoms with Gasteiger partial charge >= 0.3 is 0 Å². The molecule has 0 heterocycles. The third-order valence-corrected chi connectivity index (χ3v) is 5.67. The number of rotatable bonds is 3. The Morgan fingerprint density at radius 3 is 1.70 bits per heavy atom. The topological polar surface area (TPSA) is 0 Å². The molecular formula is C27H40. The van der Waals surface area contributed by atoms with Gasteiger partial charge in [-0.25, -0.2) is 0 Å². The first-order valence-electron chi connectivity index (χ1n) is 10.5. The van der Waals surface area contributed by atoms with Crippen molar-refractivity contribution < 1.29 is 0 Å². The molecule has 0 saturated heterocycles. The quantitative estimate of drug-likeness (QED) is 0.516. The van der Waals surface area contributed by atoms with Crippen LogP contribution in [0.15, 0.2) is 42.5 Å². The first-order valence-corrected chi connectivity index (χ1v) is 10.5. The SMILES string of the molecule is CCC(c1cccc(C(C)(C)C)c1)c1ccc(C(C)(C)C)cc1C(C)(C)C. The molecule has 0 aliphatic carbocycles. The highest BCUT2D eigenvalue weighted by Crippen LogP contribution is 2.39. The van der Waals surface area contributed by atoms with Gasteiger partial charge in [-0.3, -0.25) is 0 Å². The van der Waals surface area contributed by atoms with Crippen LogP contribution in [0.4, 0.5) is 0 Å². The minimum Gasteiger partial charge on any atom is -0.0645 e. The monoisotopic (exact) mass is 364 g/mol. The Morgan fingerprint density at radius 2 is 1.22 bits per heavy atom. The Morgan fingerprint density at radius 1 is 0.667 bits per heavy atom. The summed E-state index contributed by atoms with van der Waals surface area (Å²) in [5.74, 6) is 0.440. The standard InChI is InChI=1S/C27H40/c1-11-22(19-13-12-14-20(17-19)25(2,3)4)23-16-15-21(26(5,6)7)18-24(23)27(8,9)10/h12-18,22H,11H2,1-10H3. The highest BCUT2D eigenvalue weighted by Gasteiger charge is 2.26. The van der Waals surface area contributed by atoms with E-state index in [0.717, 1.165) is 6.42 Å². The minimum atomic E-state index is 0.131. The first kappa shape index (κ1) is 21.7. The Labute approximate surface area is 168 Å². The lowest BCUT2D eigenvalue weighted by Crippen LogP contribution is -2.20. The van der Waals surface area contributed by atoms with Crippen LogP contribution in [0.1, 0.15) is 109 Å². The third-order valence-electron chi connectivity index (χ3n) is 5.67. The molecule has 2 aromatic carbocycles. The molecule has 2 rings (SSSR count). The van der Waals surface area contributed by atoms with Crippen LogP contribution in [0.2, 0.25) is 0 Å². The summed E-state index contributed by atoms with van der Waals surface area (Å²) in [6.45, 7) is 23.2. The normalized spacial score (nSPS) is 14.3. The largest absolute Gasteiger partial charge is 0.0645 e. The minimum absolute atomic E-state index is 0.131. The van der Waals surface area contributed by atoms with E-state index in [9.17, 15) is 0 Å². The summed E-state index contributed by atoms with van der Waals surface area (Å²) in [4.78, 5) is 0. The molecule has 0 aliphatic rings. The van der Waals surface area contributed by atoms with Gasteiger partial charge in [0.05, 0.1) is 0 Å². The second-order valence-corrected chi connectivity index (χ2v) is 11.1. The summed E-state index contributed by atoms with van der Waals surface area (Å²) < 4.78 is 0. The number of benzene rings is 2. The molecule has 0 amide bonds. The van der Waals surface area contributed by atoms with Crippen LogP contribution in [-0.4, -0.2) is 0 Å². The third kappa shape index (κ3) is 5.03. The second-order valence-electron chi connectivity index (χ2n) is 11.1. The average molecular weight is 365 g/mol. The lowest BCUT2D eigenvalue weighted by atomic mass is 9.74. The van der Waals surface area contributed by atoms with Gasteiger partial charge in [0.15, 0.2) is 0 Å². The van der Waals surface area contributed by atoms with E-state index in [1.165, 1.54) is 27.8 Å². The van der Waals surface area contributed by atoms with E-state index >= 15 is 0 Å². The molecular weight excluding hydrogens is 324 g/mol. The van der Waals surface area contributed by atoms with E-state index < -0.39 is 0 Å². The molecule has 1 atom stereocenters. The maximum absolute atomic E-state index is 2.46. The van der Waals surface area contributed by atoms with Crippen LogP contribution in [0.3, 0.4) is 0 Å². The highest BCUT2D eigenvalue weighted by atomic mass is 14.3. The van der Waals surface area contributed by atoms with Crippen LogP contribution in [-0.2, 0) is 16.2 Å². The van der Waals surface area contributed by atoms with Gasteiger partial charge in [0.1, 0.15) is 0 Å². The molecule has 27 heavy (non-hydrogen) atoms. The van der Waals surface area contributed by atoms with Gasteiger partial charge in [0, 0.05) is 5.92 Å². The van der Waals surface area contributed by atoms with Crippen molar-refractivity contribution in [2.75, 3.05) is 0 Å². The van der Waals surface area contributed by atoms with Crippen LogP contribution in [0.25, 0.3) is 0 Å². The van der Waals surface area contributed by atoms with Gasteiger partial charge in [-0.05, 0) is 50.5 Å². The maximum atomic E-state index is 2.46. The van der Waals surface area contributed by atoms with Gasteiger partial charge in [0.25, 0.3) is 0 Å². The molecule has 2 aromatic rings. The van der Waals surface area contributed by atoms with E-state index in [4.69, 9.17) is 0 Å². The van der Waals surface area contributed by atoms with E-state index in [-0.39, 0.29) is 16.2 Å². The lowest BCUT2D eigenvalue weighted by Gasteiger charge is -2.31. The zero-order chi connectivity index (χ0) is 20.6. The zero-order valence-electron chi connectivity index (χ0n) is 19.3. The van der Waals surface area contributed by atoms with Crippen molar-refractivity contribution in [1.29, 1.82) is 0 Å². The molecule has 0 nitrogen and oxygen atoms in total. The fourth-order valence-corrected chi connectivity index (χ4v) is 3.83. The van der Waals surface area contributed by atoms with E-state index in [1.54, 1.807) is 0 Å². The van der Waals surface area contributed by atoms with Gasteiger partial charge in [-0.2, -0.15) is 0 Å². The molecule has 148 valence electrons. The second kappa shape index (κ2) is 7.46. The van der Waals surface area contributed by atoms with Gasteiger partial charge in [-0.1, -0.05) is 112 Å². The summed E-state index contributed by atoms with van der Waals surface area (Å²) >= 11 is 0. The summed E-state index contributed by atoms with van der Waals surface area (Å²) in [6, 6.07) is 16.5. The summed E-state index contributed by atoms with van der Waals surface area (Å²) in [5.41, 5.74) is 7.75. The molecule has 0 radical (unpaired) electrons. The van der Waals surface area contributed by atoms with Crippen molar-refractivity contribution in [2.24, 2.45) is 0 Å². The fraction of sp³-hybridized carbons (Fsp3) is 0.556. The van der Waals surface area contributed by atoms with Gasteiger partial charge < -0.3 is 0 Å². The highest BCUT2D eigenvalue weighted by molar-refractivity contribution is 5.46. The van der Waals surface area contributed by atoms with Crippen molar-refractivity contribution in [2.45, 2.75) is 97.8 Å². The lowest BCUT2D eigenvalue weighted by molar-refractivity contribution is 0.557. The molecule has 0 saturated carbocycles. The molecule has 0 heteroatoms. The van der Waals surface area contributed by atoms with Gasteiger partial charge in [-0.15, -0.1) is 0 Å². The van der Waals surface area contributed by atoms with Crippen molar-refractivity contribution in [3.8, 4) is 0 Å². The first-order chi connectivity index (χ1) is 12.2. The summed E-state index contributed by atoms with van der Waals surface area (Å²) in [5, 5.41) is 0. The van der Waals surface area contributed by atoms with Crippen molar-refractivity contribution in [3.63, 3.8) is 0 Å². The van der Waals surface area contributed by atoms with E-state index in [2.05, 4.69) is 112 Å². The van der Waals surface area contributed by atoms with Crippen molar-refractivity contribution in [3.05, 3.63) is 70.3 Å². The van der Waals surface area contributed by atoms with Crippen LogP contribution >= 0.6 is 0 Å². The van der Waals surface area contributed by atoms with Gasteiger partial charge in [0.2, 0.25) is 0 Å². The molecule has 0 aliphatic heterocycles. The maximum Gasteiger partial charge on any atom is 0.00897 e. The predicted molar refractivity (Wildman–Crippen MR) is 121 cm³/mol. The van der Waals surface area contributed by atoms with Crippen molar-refractivity contribution >= 4 is 0 Å². The van der Waals surface area contributed by atoms with Crippen LogP contribution < -0.4 is 0 Å². The smallest absolute Gasteiger partial charge is 0.00897 e. The molecule has 0 spiro atoms. The summed E-state index contributed by atoms with van der Waals surface area (Å²) in [6.07, 6.45) is 1.12. The summed E-state index contributed by atoms with van der Waals surface area (Å²) in [7, 11) is 0. The molecule has 0 bridgehead atoms. The average Bonchev–Trinajstić information content (AvgIpc) is 2.53. The van der Waals surface area contributed by atoms with Crippen LogP contribution in [0, 0.1) is 0 Å². The molecule has 0 fully saturated rings. The Kier molecular flexibility index (Phi) is 6.00. The van der Waals surface area contributed by atoms with E-state index in [0.29, 0.717) is 5.92 Å². The van der Waals surface area contributed by atoms with E-state index in [1.807, 2.05) is 0 Å².